The van der Waals surface area contributed by atoms with Crippen LogP contribution in [0.15, 0.2) is 133 Å². The Labute approximate surface area is 216 Å². The average molecular weight is 486 g/mol. The molecule has 1 amide bonds. The molecule has 5 aromatic carbocycles. The van der Waals surface area contributed by atoms with Gasteiger partial charge in [0.2, 0.25) is 5.91 Å². The van der Waals surface area contributed by atoms with Crippen LogP contribution in [0.25, 0.3) is 10.8 Å². The Hall–Kier alpha value is -4.70. The van der Waals surface area contributed by atoms with E-state index in [4.69, 9.17) is 0 Å². The normalized spacial score (nSPS) is 12.1. The number of benzene rings is 5. The summed E-state index contributed by atoms with van der Waals surface area (Å²) in [7, 11) is 0. The van der Waals surface area contributed by atoms with Crippen molar-refractivity contribution in [2.75, 3.05) is 0 Å². The summed E-state index contributed by atoms with van der Waals surface area (Å²) in [6.07, 6.45) is 0.167. The summed E-state index contributed by atoms with van der Waals surface area (Å²) in [5, 5.41) is 15.2. The number of amides is 1. The van der Waals surface area contributed by atoms with E-state index in [0.29, 0.717) is 0 Å². The molecule has 0 radical (unpaired) electrons. The van der Waals surface area contributed by atoms with Crippen molar-refractivity contribution in [2.45, 2.75) is 17.9 Å². The van der Waals surface area contributed by atoms with Crippen LogP contribution in [0.3, 0.4) is 0 Å². The molecular weight excluding hydrogens is 458 g/mol. The smallest absolute Gasteiger partial charge is 0.326 e. The minimum Gasteiger partial charge on any atom is -0.480 e. The summed E-state index contributed by atoms with van der Waals surface area (Å²) in [4.78, 5) is 26.8. The lowest BCUT2D eigenvalue weighted by molar-refractivity contribution is -0.142. The van der Waals surface area contributed by atoms with E-state index in [9.17, 15) is 14.7 Å². The van der Waals surface area contributed by atoms with Crippen LogP contribution in [0.4, 0.5) is 0 Å². The number of carboxylic acid groups (broad SMARTS) is 1. The maximum absolute atomic E-state index is 14.4. The summed E-state index contributed by atoms with van der Waals surface area (Å²) >= 11 is 0. The predicted molar refractivity (Wildman–Crippen MR) is 146 cm³/mol. The van der Waals surface area contributed by atoms with Crippen molar-refractivity contribution in [1.29, 1.82) is 0 Å². The molecule has 0 saturated heterocycles. The van der Waals surface area contributed by atoms with Gasteiger partial charge in [0.1, 0.15) is 11.5 Å². The molecule has 2 N–H and O–H groups in total. The molecule has 0 aromatic heterocycles. The second kappa shape index (κ2) is 10.5. The van der Waals surface area contributed by atoms with Gasteiger partial charge in [-0.05, 0) is 33.0 Å². The van der Waals surface area contributed by atoms with E-state index in [1.54, 1.807) is 0 Å². The van der Waals surface area contributed by atoms with Crippen molar-refractivity contribution in [3.8, 4) is 0 Å². The molecule has 0 bridgehead atoms. The van der Waals surface area contributed by atoms with E-state index in [1.807, 2.05) is 133 Å². The van der Waals surface area contributed by atoms with Gasteiger partial charge in [0.15, 0.2) is 0 Å². The molecule has 4 nitrogen and oxygen atoms in total. The number of fused-ring (bicyclic) bond motifs is 1. The fourth-order valence-electron chi connectivity index (χ4n) is 5.03. The topological polar surface area (TPSA) is 66.4 Å². The summed E-state index contributed by atoms with van der Waals surface area (Å²) in [5.74, 6) is -1.46. The first-order valence-corrected chi connectivity index (χ1v) is 12.3. The maximum Gasteiger partial charge on any atom is 0.326 e. The number of nitrogens with one attached hydrogen (secondary N) is 1. The lowest BCUT2D eigenvalue weighted by Gasteiger charge is -2.35. The first-order valence-electron chi connectivity index (χ1n) is 12.3. The van der Waals surface area contributed by atoms with Gasteiger partial charge in [0.25, 0.3) is 0 Å². The van der Waals surface area contributed by atoms with Crippen molar-refractivity contribution in [3.63, 3.8) is 0 Å². The molecule has 5 rings (SSSR count). The highest BCUT2D eigenvalue weighted by atomic mass is 16.4. The third-order valence-corrected chi connectivity index (χ3v) is 6.82. The molecule has 0 unspecified atom stereocenters. The molecule has 5 aromatic rings. The lowest BCUT2D eigenvalue weighted by atomic mass is 9.68. The first-order chi connectivity index (χ1) is 18.1. The molecule has 0 aliphatic rings. The van der Waals surface area contributed by atoms with Crippen molar-refractivity contribution in [3.05, 3.63) is 156 Å². The monoisotopic (exact) mass is 485 g/mol. The van der Waals surface area contributed by atoms with Crippen LogP contribution in [0, 0.1) is 0 Å². The fourth-order valence-corrected chi connectivity index (χ4v) is 5.03. The van der Waals surface area contributed by atoms with Crippen LogP contribution in [0.1, 0.15) is 22.3 Å². The molecule has 182 valence electrons. The Morgan fingerprint density at radius 3 is 1.57 bits per heavy atom. The van der Waals surface area contributed by atoms with E-state index in [0.717, 1.165) is 33.0 Å². The molecule has 0 fully saturated rings. The summed E-state index contributed by atoms with van der Waals surface area (Å²) in [6.45, 7) is 0. The Kier molecular flexibility index (Phi) is 6.82. The van der Waals surface area contributed by atoms with Gasteiger partial charge in [-0.2, -0.15) is 0 Å². The van der Waals surface area contributed by atoms with Crippen LogP contribution < -0.4 is 5.32 Å². The number of aliphatic carboxylic acids is 1. The van der Waals surface area contributed by atoms with Gasteiger partial charge >= 0.3 is 5.97 Å². The number of carbonyl (C=O) groups excluding carboxylic acids is 1. The van der Waals surface area contributed by atoms with Crippen molar-refractivity contribution in [2.24, 2.45) is 0 Å². The van der Waals surface area contributed by atoms with E-state index in [2.05, 4.69) is 5.32 Å². The van der Waals surface area contributed by atoms with Crippen LogP contribution in [-0.4, -0.2) is 23.0 Å². The number of rotatable bonds is 8. The van der Waals surface area contributed by atoms with E-state index >= 15 is 0 Å². The highest BCUT2D eigenvalue weighted by Gasteiger charge is 2.45. The largest absolute Gasteiger partial charge is 0.480 e. The van der Waals surface area contributed by atoms with Crippen LogP contribution >= 0.6 is 0 Å². The van der Waals surface area contributed by atoms with Crippen molar-refractivity contribution in [1.82, 2.24) is 5.32 Å². The molecule has 37 heavy (non-hydrogen) atoms. The van der Waals surface area contributed by atoms with Crippen molar-refractivity contribution < 1.29 is 14.7 Å². The van der Waals surface area contributed by atoms with E-state index in [1.165, 1.54) is 0 Å². The minimum absolute atomic E-state index is 0.167. The predicted octanol–water partition coefficient (Wildman–Crippen LogP) is 5.99. The Morgan fingerprint density at radius 2 is 1.08 bits per heavy atom. The molecule has 0 aliphatic carbocycles. The third-order valence-electron chi connectivity index (χ3n) is 6.82. The zero-order valence-corrected chi connectivity index (χ0v) is 20.2. The van der Waals surface area contributed by atoms with Crippen molar-refractivity contribution >= 4 is 22.6 Å². The third kappa shape index (κ3) is 4.74. The van der Waals surface area contributed by atoms with Gasteiger partial charge in [-0.15, -0.1) is 0 Å². The number of carbonyl (C=O) groups is 2. The molecule has 1 atom stereocenters. The highest BCUT2D eigenvalue weighted by molar-refractivity contribution is 5.98. The molecule has 0 heterocycles. The van der Waals surface area contributed by atoms with Gasteiger partial charge in [-0.1, -0.05) is 133 Å². The quantitative estimate of drug-likeness (QED) is 0.266. The molecule has 0 aliphatic heterocycles. The van der Waals surface area contributed by atoms with Gasteiger partial charge in [0, 0.05) is 6.42 Å². The first kappa shape index (κ1) is 24.0. The van der Waals surface area contributed by atoms with E-state index < -0.39 is 17.4 Å². The average Bonchev–Trinajstić information content (AvgIpc) is 2.95. The summed E-state index contributed by atoms with van der Waals surface area (Å²) in [6, 6.07) is 41.3. The van der Waals surface area contributed by atoms with Gasteiger partial charge in [-0.25, -0.2) is 4.79 Å². The second-order valence-corrected chi connectivity index (χ2v) is 9.10. The summed E-state index contributed by atoms with van der Waals surface area (Å²) in [5.41, 5.74) is 1.90. The standard InChI is InChI=1S/C33H27NO3/c35-31(36)30(23-24-20-21-25-12-10-11-13-26(25)22-24)34-32(37)33(27-14-4-1-5-15-27,28-16-6-2-7-17-28)29-18-8-3-9-19-29/h1-22,30H,23H2,(H,34,37)(H,35,36)/t30-/m0/s1. The molecule has 4 heteroatoms. The zero-order valence-electron chi connectivity index (χ0n) is 20.2. The number of hydrogen-bond donors (Lipinski definition) is 2. The SMILES string of the molecule is O=C(O)[C@H](Cc1ccc2ccccc2c1)NC(=O)C(c1ccccc1)(c1ccccc1)c1ccccc1. The fraction of sp³-hybridized carbons (Fsp3) is 0.0909. The van der Waals surface area contributed by atoms with E-state index in [-0.39, 0.29) is 12.3 Å². The highest BCUT2D eigenvalue weighted by Crippen LogP contribution is 2.39. The molecule has 0 spiro atoms. The van der Waals surface area contributed by atoms with Crippen LogP contribution in [0.5, 0.6) is 0 Å². The molecular formula is C33H27NO3. The number of carboxylic acids is 1. The second-order valence-electron chi connectivity index (χ2n) is 9.10. The summed E-state index contributed by atoms with van der Waals surface area (Å²) < 4.78 is 0. The van der Waals surface area contributed by atoms with Gasteiger partial charge in [0.05, 0.1) is 0 Å². The Bertz CT molecular complexity index is 1420. The van der Waals surface area contributed by atoms with Crippen LogP contribution in [-0.2, 0) is 21.4 Å². The Balaban J connectivity index is 1.59. The molecule has 0 saturated carbocycles. The zero-order chi connectivity index (χ0) is 25.7. The lowest BCUT2D eigenvalue weighted by Crippen LogP contribution is -2.52. The van der Waals surface area contributed by atoms with Gasteiger partial charge in [-0.3, -0.25) is 4.79 Å². The van der Waals surface area contributed by atoms with Crippen LogP contribution in [0.2, 0.25) is 0 Å². The van der Waals surface area contributed by atoms with Gasteiger partial charge < -0.3 is 10.4 Å². The minimum atomic E-state index is -1.24. The Morgan fingerprint density at radius 1 is 0.622 bits per heavy atom. The maximum atomic E-state index is 14.4. The number of hydrogen-bond acceptors (Lipinski definition) is 2.